The van der Waals surface area contributed by atoms with Crippen LogP contribution in [-0.2, 0) is 0 Å². The molecule has 0 spiro atoms. The summed E-state index contributed by atoms with van der Waals surface area (Å²) in [4.78, 5) is 0. The first kappa shape index (κ1) is 16.0. The third-order valence-corrected chi connectivity index (χ3v) is 3.45. The highest BCUT2D eigenvalue weighted by molar-refractivity contribution is 5.27. The van der Waals surface area contributed by atoms with Crippen molar-refractivity contribution < 1.29 is 15.3 Å². The van der Waals surface area contributed by atoms with Crippen LogP contribution in [0.4, 0.5) is 0 Å². The number of phenols is 1. The molecule has 0 amide bonds. The third kappa shape index (κ3) is 6.08. The molecule has 0 aromatic heterocycles. The number of aliphatic hydroxyl groups excluding tert-OH is 2. The molecule has 1 rings (SSSR count). The summed E-state index contributed by atoms with van der Waals surface area (Å²) in [5.41, 5.74) is 0.649. The number of benzene rings is 1. The van der Waals surface area contributed by atoms with Crippen molar-refractivity contribution in [1.29, 1.82) is 0 Å². The van der Waals surface area contributed by atoms with Gasteiger partial charge in [0.15, 0.2) is 0 Å². The van der Waals surface area contributed by atoms with Gasteiger partial charge in [-0.3, -0.25) is 0 Å². The molecule has 0 radical (unpaired) electrons. The van der Waals surface area contributed by atoms with Crippen LogP contribution in [0.1, 0.15) is 63.5 Å². The predicted octanol–water partition coefficient (Wildman–Crippen LogP) is 3.54. The van der Waals surface area contributed by atoms with Crippen LogP contribution >= 0.6 is 0 Å². The lowest BCUT2D eigenvalue weighted by Gasteiger charge is -2.18. The molecule has 0 aliphatic rings. The summed E-state index contributed by atoms with van der Waals surface area (Å²) in [5, 5.41) is 29.1. The molecule has 3 N–H and O–H groups in total. The van der Waals surface area contributed by atoms with Crippen molar-refractivity contribution in [2.45, 2.75) is 64.1 Å². The molecular formula is C16H26O3. The third-order valence-electron chi connectivity index (χ3n) is 3.45. The molecule has 0 aliphatic carbocycles. The van der Waals surface area contributed by atoms with E-state index in [9.17, 15) is 15.3 Å². The second-order valence-corrected chi connectivity index (χ2v) is 5.16. The number of phenolic OH excluding ortho intramolecular Hbond substituents is 1. The van der Waals surface area contributed by atoms with E-state index in [1.54, 1.807) is 12.1 Å². The molecule has 2 atom stereocenters. The Hall–Kier alpha value is -1.06. The second-order valence-electron chi connectivity index (χ2n) is 5.16. The van der Waals surface area contributed by atoms with Gasteiger partial charge in [0.2, 0.25) is 0 Å². The molecule has 19 heavy (non-hydrogen) atoms. The van der Waals surface area contributed by atoms with Gasteiger partial charge in [-0.15, -0.1) is 0 Å². The fraction of sp³-hybridized carbons (Fsp3) is 0.625. The quantitative estimate of drug-likeness (QED) is 0.599. The first-order chi connectivity index (χ1) is 9.15. The van der Waals surface area contributed by atoms with Gasteiger partial charge in [-0.2, -0.15) is 0 Å². The Morgan fingerprint density at radius 2 is 1.47 bits per heavy atom. The van der Waals surface area contributed by atoms with Crippen molar-refractivity contribution in [3.8, 4) is 5.75 Å². The molecule has 0 heterocycles. The van der Waals surface area contributed by atoms with Crippen LogP contribution in [-0.4, -0.2) is 21.4 Å². The lowest BCUT2D eigenvalue weighted by atomic mass is 9.99. The van der Waals surface area contributed by atoms with Gasteiger partial charge in [0, 0.05) is 0 Å². The summed E-state index contributed by atoms with van der Waals surface area (Å²) in [6, 6.07) is 6.33. The summed E-state index contributed by atoms with van der Waals surface area (Å²) in [5.74, 6) is 0.168. The van der Waals surface area contributed by atoms with Crippen LogP contribution in [0.5, 0.6) is 5.75 Å². The van der Waals surface area contributed by atoms with Gasteiger partial charge in [-0.1, -0.05) is 57.6 Å². The van der Waals surface area contributed by atoms with E-state index in [1.165, 1.54) is 37.8 Å². The highest BCUT2D eigenvalue weighted by Gasteiger charge is 2.17. The number of rotatable bonds is 9. The smallest absolute Gasteiger partial charge is 0.115 e. The first-order valence-corrected chi connectivity index (χ1v) is 7.30. The van der Waals surface area contributed by atoms with Gasteiger partial charge >= 0.3 is 0 Å². The minimum atomic E-state index is -0.865. The minimum absolute atomic E-state index is 0.168. The maximum absolute atomic E-state index is 9.99. The summed E-state index contributed by atoms with van der Waals surface area (Å²) in [7, 11) is 0. The fourth-order valence-corrected chi connectivity index (χ4v) is 2.19. The van der Waals surface area contributed by atoms with Crippen LogP contribution < -0.4 is 0 Å². The van der Waals surface area contributed by atoms with E-state index in [1.807, 2.05) is 0 Å². The molecule has 3 nitrogen and oxygen atoms in total. The van der Waals surface area contributed by atoms with E-state index in [2.05, 4.69) is 6.92 Å². The Morgan fingerprint density at radius 3 is 2.11 bits per heavy atom. The summed E-state index contributed by atoms with van der Waals surface area (Å²) >= 11 is 0. The van der Waals surface area contributed by atoms with Crippen molar-refractivity contribution in [3.63, 3.8) is 0 Å². The zero-order valence-corrected chi connectivity index (χ0v) is 11.8. The largest absolute Gasteiger partial charge is 0.508 e. The van der Waals surface area contributed by atoms with Crippen LogP contribution in [0, 0.1) is 0 Å². The van der Waals surface area contributed by atoms with Gasteiger partial charge in [-0.25, -0.2) is 0 Å². The second kappa shape index (κ2) is 8.94. The van der Waals surface area contributed by atoms with Crippen LogP contribution in [0.15, 0.2) is 24.3 Å². The van der Waals surface area contributed by atoms with Crippen molar-refractivity contribution in [1.82, 2.24) is 0 Å². The number of aromatic hydroxyl groups is 1. The SMILES string of the molecule is CCCCCCCCC(O)C(O)c1ccc(O)cc1. The number of hydrogen-bond donors (Lipinski definition) is 3. The number of aliphatic hydroxyl groups is 2. The normalized spacial score (nSPS) is 14.3. The van der Waals surface area contributed by atoms with Crippen LogP contribution in [0.25, 0.3) is 0 Å². The highest BCUT2D eigenvalue weighted by Crippen LogP contribution is 2.22. The summed E-state index contributed by atoms with van der Waals surface area (Å²) in [6.07, 6.45) is 6.06. The Kier molecular flexibility index (Phi) is 7.53. The van der Waals surface area contributed by atoms with Gasteiger partial charge in [0.1, 0.15) is 11.9 Å². The molecule has 0 fully saturated rings. The number of unbranched alkanes of at least 4 members (excludes halogenated alkanes) is 5. The zero-order chi connectivity index (χ0) is 14.1. The van der Waals surface area contributed by atoms with E-state index >= 15 is 0 Å². The summed E-state index contributed by atoms with van der Waals surface area (Å²) < 4.78 is 0. The van der Waals surface area contributed by atoms with E-state index in [-0.39, 0.29) is 5.75 Å². The lowest BCUT2D eigenvalue weighted by Crippen LogP contribution is -2.17. The van der Waals surface area contributed by atoms with E-state index in [0.717, 1.165) is 12.8 Å². The van der Waals surface area contributed by atoms with Crippen LogP contribution in [0.3, 0.4) is 0 Å². The Balaban J connectivity index is 2.25. The molecule has 0 bridgehead atoms. The van der Waals surface area contributed by atoms with Gasteiger partial charge in [0.25, 0.3) is 0 Å². The molecule has 1 aromatic carbocycles. The predicted molar refractivity (Wildman–Crippen MR) is 77.1 cm³/mol. The van der Waals surface area contributed by atoms with Crippen molar-refractivity contribution >= 4 is 0 Å². The lowest BCUT2D eigenvalue weighted by molar-refractivity contribution is 0.0119. The monoisotopic (exact) mass is 266 g/mol. The van der Waals surface area contributed by atoms with Crippen LogP contribution in [0.2, 0.25) is 0 Å². The van der Waals surface area contributed by atoms with Gasteiger partial charge in [-0.05, 0) is 24.1 Å². The molecule has 0 saturated heterocycles. The van der Waals surface area contributed by atoms with Crippen molar-refractivity contribution in [2.24, 2.45) is 0 Å². The van der Waals surface area contributed by atoms with Gasteiger partial charge < -0.3 is 15.3 Å². The molecule has 0 saturated carbocycles. The van der Waals surface area contributed by atoms with E-state index in [0.29, 0.717) is 12.0 Å². The Bertz CT molecular complexity index is 334. The molecule has 3 heteroatoms. The van der Waals surface area contributed by atoms with Gasteiger partial charge in [0.05, 0.1) is 6.10 Å². The molecule has 1 aromatic rings. The standard InChI is InChI=1S/C16H26O3/c1-2-3-4-5-6-7-8-15(18)16(19)13-9-11-14(17)12-10-13/h9-12,15-19H,2-8H2,1H3. The van der Waals surface area contributed by atoms with Crippen molar-refractivity contribution in [3.05, 3.63) is 29.8 Å². The van der Waals surface area contributed by atoms with E-state index < -0.39 is 12.2 Å². The highest BCUT2D eigenvalue weighted by atomic mass is 16.3. The minimum Gasteiger partial charge on any atom is -0.508 e. The first-order valence-electron chi connectivity index (χ1n) is 7.30. The summed E-state index contributed by atoms with van der Waals surface area (Å²) in [6.45, 7) is 2.19. The fourth-order valence-electron chi connectivity index (χ4n) is 2.19. The Labute approximate surface area is 115 Å². The maximum atomic E-state index is 9.99. The molecule has 2 unspecified atom stereocenters. The molecular weight excluding hydrogens is 240 g/mol. The zero-order valence-electron chi connectivity index (χ0n) is 11.8. The average molecular weight is 266 g/mol. The van der Waals surface area contributed by atoms with E-state index in [4.69, 9.17) is 0 Å². The average Bonchev–Trinajstić information content (AvgIpc) is 2.42. The topological polar surface area (TPSA) is 60.7 Å². The Morgan fingerprint density at radius 1 is 0.895 bits per heavy atom. The van der Waals surface area contributed by atoms with Crippen molar-refractivity contribution in [2.75, 3.05) is 0 Å². The number of hydrogen-bond acceptors (Lipinski definition) is 3. The molecule has 0 aliphatic heterocycles. The maximum Gasteiger partial charge on any atom is 0.115 e. The molecule has 108 valence electrons.